The molecule has 5 nitrogen and oxygen atoms in total. The molecule has 1 saturated carbocycles. The average Bonchev–Trinajstić information content (AvgIpc) is 3.04. The number of aliphatic hydroxyl groups excluding tert-OH is 1. The van der Waals surface area contributed by atoms with Crippen LogP contribution in [0.1, 0.15) is 39.0 Å². The predicted octanol–water partition coefficient (Wildman–Crippen LogP) is 0.718. The molecule has 2 amide bonds. The number of hydrogen-bond donors (Lipinski definition) is 2. The standard InChI is InChI=1S/C14H22N2O3S/c1-14-6-5-12(18)16(14)10(8-20-14)13(19)15-7-9-3-2-4-11(9)17/h9-11,17H,2-8H2,1H3,(H,15,19). The highest BCUT2D eigenvalue weighted by Crippen LogP contribution is 2.47. The number of nitrogens with zero attached hydrogens (tertiary/aromatic N) is 1. The molecule has 2 heterocycles. The van der Waals surface area contributed by atoms with Crippen molar-refractivity contribution in [2.24, 2.45) is 5.92 Å². The first-order valence-electron chi connectivity index (χ1n) is 7.43. The van der Waals surface area contributed by atoms with Gasteiger partial charge in [-0.1, -0.05) is 6.42 Å². The highest BCUT2D eigenvalue weighted by atomic mass is 32.2. The molecule has 4 unspecified atom stereocenters. The van der Waals surface area contributed by atoms with Crippen molar-refractivity contribution in [2.45, 2.75) is 56.0 Å². The van der Waals surface area contributed by atoms with Crippen LogP contribution >= 0.6 is 11.8 Å². The Morgan fingerprint density at radius 3 is 3.05 bits per heavy atom. The van der Waals surface area contributed by atoms with Crippen molar-refractivity contribution in [1.82, 2.24) is 10.2 Å². The molecule has 2 aliphatic heterocycles. The molecule has 112 valence electrons. The number of thioether (sulfide) groups is 1. The summed E-state index contributed by atoms with van der Waals surface area (Å²) in [6.07, 6.45) is 3.94. The summed E-state index contributed by atoms with van der Waals surface area (Å²) < 4.78 is 0. The van der Waals surface area contributed by atoms with Crippen molar-refractivity contribution in [3.63, 3.8) is 0 Å². The largest absolute Gasteiger partial charge is 0.393 e. The second-order valence-corrected chi connectivity index (χ2v) is 7.77. The molecule has 3 fully saturated rings. The van der Waals surface area contributed by atoms with Crippen LogP contribution in [0.15, 0.2) is 0 Å². The second kappa shape index (κ2) is 5.22. The van der Waals surface area contributed by atoms with E-state index in [0.29, 0.717) is 18.7 Å². The van der Waals surface area contributed by atoms with Gasteiger partial charge in [0.05, 0.1) is 11.0 Å². The van der Waals surface area contributed by atoms with E-state index in [0.717, 1.165) is 25.7 Å². The first-order valence-corrected chi connectivity index (χ1v) is 8.42. The Hall–Kier alpha value is -0.750. The Morgan fingerprint density at radius 1 is 1.55 bits per heavy atom. The molecule has 6 heteroatoms. The summed E-state index contributed by atoms with van der Waals surface area (Å²) in [6, 6.07) is -0.335. The second-order valence-electron chi connectivity index (χ2n) is 6.27. The van der Waals surface area contributed by atoms with Crippen LogP contribution in [0.4, 0.5) is 0 Å². The van der Waals surface area contributed by atoms with Crippen molar-refractivity contribution in [1.29, 1.82) is 0 Å². The number of carbonyl (C=O) groups is 2. The van der Waals surface area contributed by atoms with Gasteiger partial charge in [0.15, 0.2) is 0 Å². The van der Waals surface area contributed by atoms with Crippen LogP contribution in [0.5, 0.6) is 0 Å². The molecule has 3 aliphatic rings. The molecule has 0 aromatic rings. The van der Waals surface area contributed by atoms with Crippen LogP contribution in [0.3, 0.4) is 0 Å². The lowest BCUT2D eigenvalue weighted by molar-refractivity contribution is -0.138. The fraction of sp³-hybridized carbons (Fsp3) is 0.857. The van der Waals surface area contributed by atoms with E-state index in [-0.39, 0.29) is 34.7 Å². The molecule has 0 aromatic carbocycles. The van der Waals surface area contributed by atoms with Crippen molar-refractivity contribution in [3.05, 3.63) is 0 Å². The summed E-state index contributed by atoms with van der Waals surface area (Å²) in [5, 5.41) is 12.7. The molecule has 3 rings (SSSR count). The van der Waals surface area contributed by atoms with Gasteiger partial charge in [0.25, 0.3) is 0 Å². The minimum atomic E-state index is -0.335. The van der Waals surface area contributed by atoms with Crippen LogP contribution in [0.2, 0.25) is 0 Å². The Morgan fingerprint density at radius 2 is 2.35 bits per heavy atom. The SMILES string of the molecule is CC12CCC(=O)N1C(C(=O)NCC1CCCC1O)CS2. The molecule has 20 heavy (non-hydrogen) atoms. The third kappa shape index (κ3) is 2.33. The number of hydrogen-bond acceptors (Lipinski definition) is 4. The van der Waals surface area contributed by atoms with E-state index in [4.69, 9.17) is 0 Å². The van der Waals surface area contributed by atoms with Crippen molar-refractivity contribution < 1.29 is 14.7 Å². The van der Waals surface area contributed by atoms with Gasteiger partial charge in [-0.25, -0.2) is 0 Å². The van der Waals surface area contributed by atoms with Gasteiger partial charge >= 0.3 is 0 Å². The Kier molecular flexibility index (Phi) is 3.71. The summed E-state index contributed by atoms with van der Waals surface area (Å²) in [5.41, 5.74) is 0. The lowest BCUT2D eigenvalue weighted by Gasteiger charge is -2.30. The maximum atomic E-state index is 12.3. The van der Waals surface area contributed by atoms with Crippen molar-refractivity contribution in [3.8, 4) is 0 Å². The third-order valence-electron chi connectivity index (χ3n) is 4.90. The Balaban J connectivity index is 1.59. The predicted molar refractivity (Wildman–Crippen MR) is 77.1 cm³/mol. The van der Waals surface area contributed by atoms with E-state index in [1.165, 1.54) is 0 Å². The average molecular weight is 298 g/mol. The summed E-state index contributed by atoms with van der Waals surface area (Å²) in [4.78, 5) is 25.9. The molecule has 2 saturated heterocycles. The molecular weight excluding hydrogens is 276 g/mol. The highest BCUT2D eigenvalue weighted by Gasteiger charge is 2.52. The van der Waals surface area contributed by atoms with Gasteiger partial charge in [-0.05, 0) is 26.2 Å². The van der Waals surface area contributed by atoms with E-state index < -0.39 is 0 Å². The third-order valence-corrected chi connectivity index (χ3v) is 6.41. The van der Waals surface area contributed by atoms with E-state index >= 15 is 0 Å². The van der Waals surface area contributed by atoms with E-state index in [9.17, 15) is 14.7 Å². The van der Waals surface area contributed by atoms with Gasteiger partial charge in [0.2, 0.25) is 11.8 Å². The highest BCUT2D eigenvalue weighted by molar-refractivity contribution is 8.01. The van der Waals surface area contributed by atoms with Gasteiger partial charge in [0, 0.05) is 24.6 Å². The molecule has 0 bridgehead atoms. The minimum Gasteiger partial charge on any atom is -0.393 e. The maximum absolute atomic E-state index is 12.3. The smallest absolute Gasteiger partial charge is 0.243 e. The van der Waals surface area contributed by atoms with Crippen LogP contribution < -0.4 is 5.32 Å². The van der Waals surface area contributed by atoms with Crippen LogP contribution in [-0.2, 0) is 9.59 Å². The van der Waals surface area contributed by atoms with Crippen molar-refractivity contribution >= 4 is 23.6 Å². The lowest BCUT2D eigenvalue weighted by atomic mass is 10.1. The molecule has 2 N–H and O–H groups in total. The fourth-order valence-electron chi connectivity index (χ4n) is 3.62. The zero-order valence-electron chi connectivity index (χ0n) is 11.8. The zero-order valence-corrected chi connectivity index (χ0v) is 12.6. The lowest BCUT2D eigenvalue weighted by Crippen LogP contribution is -2.51. The summed E-state index contributed by atoms with van der Waals surface area (Å²) in [6.45, 7) is 2.58. The van der Waals surface area contributed by atoms with E-state index in [2.05, 4.69) is 12.2 Å². The molecule has 4 atom stereocenters. The summed E-state index contributed by atoms with van der Waals surface area (Å²) in [5.74, 6) is 0.893. The number of nitrogens with one attached hydrogen (secondary N) is 1. The van der Waals surface area contributed by atoms with E-state index in [1.807, 2.05) is 0 Å². The first kappa shape index (κ1) is 14.2. The monoisotopic (exact) mass is 298 g/mol. The number of amides is 2. The molecule has 0 aromatic heterocycles. The van der Waals surface area contributed by atoms with Gasteiger partial charge in [-0.2, -0.15) is 0 Å². The van der Waals surface area contributed by atoms with Gasteiger partial charge < -0.3 is 15.3 Å². The normalized spacial score (nSPS) is 40.2. The first-order chi connectivity index (χ1) is 9.51. The zero-order chi connectivity index (χ0) is 14.3. The van der Waals surface area contributed by atoms with Gasteiger partial charge in [-0.15, -0.1) is 11.8 Å². The summed E-state index contributed by atoms with van der Waals surface area (Å²) in [7, 11) is 0. The van der Waals surface area contributed by atoms with Crippen molar-refractivity contribution in [2.75, 3.05) is 12.3 Å². The molecule has 1 aliphatic carbocycles. The van der Waals surface area contributed by atoms with Crippen LogP contribution in [0.25, 0.3) is 0 Å². The number of rotatable bonds is 3. The number of carbonyl (C=O) groups excluding carboxylic acids is 2. The number of fused-ring (bicyclic) bond motifs is 1. The topological polar surface area (TPSA) is 69.6 Å². The number of aliphatic hydroxyl groups is 1. The van der Waals surface area contributed by atoms with Crippen LogP contribution in [0, 0.1) is 5.92 Å². The van der Waals surface area contributed by atoms with E-state index in [1.54, 1.807) is 16.7 Å². The van der Waals surface area contributed by atoms with Gasteiger partial charge in [-0.3, -0.25) is 9.59 Å². The van der Waals surface area contributed by atoms with Crippen LogP contribution in [-0.4, -0.2) is 51.1 Å². The van der Waals surface area contributed by atoms with Gasteiger partial charge in [0.1, 0.15) is 6.04 Å². The molecule has 0 radical (unpaired) electrons. The minimum absolute atomic E-state index is 0.0597. The Bertz CT molecular complexity index is 431. The fourth-order valence-corrected chi connectivity index (χ4v) is 5.05. The molecular formula is C14H22N2O3S. The quantitative estimate of drug-likeness (QED) is 0.805. The maximum Gasteiger partial charge on any atom is 0.243 e. The Labute approximate surface area is 123 Å². The molecule has 0 spiro atoms. The summed E-state index contributed by atoms with van der Waals surface area (Å²) >= 11 is 1.71.